The van der Waals surface area contributed by atoms with Crippen LogP contribution in [-0.4, -0.2) is 49.3 Å². The summed E-state index contributed by atoms with van der Waals surface area (Å²) in [5.74, 6) is -1.08. The number of allylic oxidation sites excluding steroid dienone is 1. The first-order valence-electron chi connectivity index (χ1n) is 12.7. The summed E-state index contributed by atoms with van der Waals surface area (Å²) in [6, 6.07) is 13.2. The number of amides is 1. The Hall–Kier alpha value is -4.51. The zero-order valence-electron chi connectivity index (χ0n) is 22.4. The van der Waals surface area contributed by atoms with Crippen molar-refractivity contribution in [2.45, 2.75) is 26.8 Å². The van der Waals surface area contributed by atoms with Gasteiger partial charge in [-0.15, -0.1) is 0 Å². The second-order valence-corrected chi connectivity index (χ2v) is 9.97. The van der Waals surface area contributed by atoms with Crippen LogP contribution in [-0.2, 0) is 23.9 Å². The molecule has 3 heterocycles. The Kier molecular flexibility index (Phi) is 7.40. The monoisotopic (exact) mass is 561 g/mol. The molecule has 0 spiro atoms. The van der Waals surface area contributed by atoms with Crippen molar-refractivity contribution in [2.75, 3.05) is 31.8 Å². The van der Waals surface area contributed by atoms with Crippen LogP contribution in [0.1, 0.15) is 37.9 Å². The molecule has 0 radical (unpaired) electrons. The molecule has 0 aliphatic carbocycles. The van der Waals surface area contributed by atoms with Gasteiger partial charge < -0.3 is 14.2 Å². The van der Waals surface area contributed by atoms with Crippen LogP contribution >= 0.6 is 11.3 Å². The molecule has 0 bridgehead atoms. The number of rotatable bonds is 7. The Morgan fingerprint density at radius 3 is 2.50 bits per heavy atom. The van der Waals surface area contributed by atoms with E-state index in [-0.39, 0.29) is 35.4 Å². The third-order valence-corrected chi connectivity index (χ3v) is 7.70. The number of para-hydroxylation sites is 1. The molecule has 0 fully saturated rings. The van der Waals surface area contributed by atoms with E-state index in [4.69, 9.17) is 14.2 Å². The predicted molar refractivity (Wildman–Crippen MR) is 148 cm³/mol. The van der Waals surface area contributed by atoms with E-state index < -0.39 is 29.4 Å². The van der Waals surface area contributed by atoms with Crippen LogP contribution in [0.15, 0.2) is 69.6 Å². The minimum absolute atomic E-state index is 0.149. The van der Waals surface area contributed by atoms with E-state index in [2.05, 4.69) is 4.99 Å². The highest BCUT2D eigenvalue weighted by molar-refractivity contribution is 7.07. The van der Waals surface area contributed by atoms with E-state index >= 15 is 0 Å². The van der Waals surface area contributed by atoms with Gasteiger partial charge in [-0.1, -0.05) is 41.7 Å². The molecule has 0 saturated heterocycles. The van der Waals surface area contributed by atoms with Gasteiger partial charge in [0, 0.05) is 5.56 Å². The summed E-state index contributed by atoms with van der Waals surface area (Å²) in [6.07, 6.45) is 0. The topological polar surface area (TPSA) is 116 Å². The van der Waals surface area contributed by atoms with Crippen LogP contribution < -0.4 is 24.5 Å². The van der Waals surface area contributed by atoms with Gasteiger partial charge in [0.05, 0.1) is 48.9 Å². The minimum Gasteiger partial charge on any atom is -0.497 e. The average molecular weight is 562 g/mol. The maximum Gasteiger partial charge on any atom is 0.338 e. The first-order chi connectivity index (χ1) is 19.3. The molecular weight excluding hydrogens is 534 g/mol. The summed E-state index contributed by atoms with van der Waals surface area (Å²) >= 11 is 1.06. The van der Waals surface area contributed by atoms with Crippen molar-refractivity contribution in [3.05, 3.63) is 90.6 Å². The number of nitrogens with zero attached hydrogens (tertiary/aromatic N) is 3. The molecule has 10 nitrogen and oxygen atoms in total. The van der Waals surface area contributed by atoms with Crippen molar-refractivity contribution in [1.82, 2.24) is 4.57 Å². The van der Waals surface area contributed by atoms with Gasteiger partial charge in [0.1, 0.15) is 16.8 Å². The third kappa shape index (κ3) is 4.51. The molecule has 1 amide bonds. The Morgan fingerprint density at radius 2 is 1.77 bits per heavy atom. The van der Waals surface area contributed by atoms with Crippen molar-refractivity contribution in [1.29, 1.82) is 0 Å². The number of anilines is 1. The Morgan fingerprint density at radius 1 is 1.02 bits per heavy atom. The largest absolute Gasteiger partial charge is 0.497 e. The molecule has 11 heteroatoms. The molecule has 3 aromatic rings. The molecule has 2 aromatic carbocycles. The van der Waals surface area contributed by atoms with Crippen LogP contribution in [0.3, 0.4) is 0 Å². The van der Waals surface area contributed by atoms with Gasteiger partial charge in [-0.05, 0) is 44.5 Å². The number of aromatic nitrogens is 1. The van der Waals surface area contributed by atoms with Gasteiger partial charge >= 0.3 is 11.9 Å². The van der Waals surface area contributed by atoms with Crippen molar-refractivity contribution in [3.8, 4) is 5.75 Å². The van der Waals surface area contributed by atoms with Crippen molar-refractivity contribution < 1.29 is 28.6 Å². The highest BCUT2D eigenvalue weighted by atomic mass is 32.1. The van der Waals surface area contributed by atoms with Crippen molar-refractivity contribution >= 4 is 40.4 Å². The maximum absolute atomic E-state index is 14.2. The number of hydrogen-bond acceptors (Lipinski definition) is 9. The first kappa shape index (κ1) is 27.1. The van der Waals surface area contributed by atoms with E-state index in [1.54, 1.807) is 69.3 Å². The van der Waals surface area contributed by atoms with Gasteiger partial charge in [-0.3, -0.25) is 23.9 Å². The highest BCUT2D eigenvalue weighted by Crippen LogP contribution is 2.36. The molecule has 1 atom stereocenters. The fourth-order valence-electron chi connectivity index (χ4n) is 4.96. The maximum atomic E-state index is 14.2. The number of hydrogen-bond donors (Lipinski definition) is 0. The number of esters is 2. The van der Waals surface area contributed by atoms with Gasteiger partial charge in [0.15, 0.2) is 4.80 Å². The van der Waals surface area contributed by atoms with E-state index in [0.717, 1.165) is 11.3 Å². The van der Waals surface area contributed by atoms with Crippen LogP contribution in [0.5, 0.6) is 5.75 Å². The van der Waals surface area contributed by atoms with Crippen LogP contribution in [0.25, 0.3) is 5.57 Å². The number of fused-ring (bicyclic) bond motifs is 2. The van der Waals surface area contributed by atoms with Gasteiger partial charge in [0.25, 0.3) is 11.5 Å². The predicted octanol–water partition coefficient (Wildman–Crippen LogP) is 2.09. The second kappa shape index (κ2) is 10.9. The average Bonchev–Trinajstić information content (AvgIpc) is 3.40. The molecule has 40 heavy (non-hydrogen) atoms. The molecule has 2 aliphatic heterocycles. The summed E-state index contributed by atoms with van der Waals surface area (Å²) < 4.78 is 17.4. The minimum atomic E-state index is -0.859. The highest BCUT2D eigenvalue weighted by Gasteiger charge is 2.38. The van der Waals surface area contributed by atoms with Crippen LogP contribution in [0, 0.1) is 0 Å². The zero-order chi connectivity index (χ0) is 28.6. The van der Waals surface area contributed by atoms with Crippen LogP contribution in [0.2, 0.25) is 0 Å². The molecule has 206 valence electrons. The quantitative estimate of drug-likeness (QED) is 0.406. The van der Waals surface area contributed by atoms with E-state index in [9.17, 15) is 19.2 Å². The smallest absolute Gasteiger partial charge is 0.338 e. The van der Waals surface area contributed by atoms with Gasteiger partial charge in [0.2, 0.25) is 0 Å². The Bertz CT molecular complexity index is 1750. The Balaban J connectivity index is 1.76. The number of benzene rings is 2. The molecular formula is C29H27N3O7S. The van der Waals surface area contributed by atoms with Crippen molar-refractivity contribution in [3.63, 3.8) is 0 Å². The summed E-state index contributed by atoms with van der Waals surface area (Å²) in [5, 5.41) is 0. The van der Waals surface area contributed by atoms with Gasteiger partial charge in [-0.2, -0.15) is 0 Å². The molecule has 2 aliphatic rings. The summed E-state index contributed by atoms with van der Waals surface area (Å²) in [6.45, 7) is 5.13. The van der Waals surface area contributed by atoms with Crippen LogP contribution in [0.4, 0.5) is 5.69 Å². The molecule has 0 N–H and O–H groups in total. The molecule has 0 saturated carbocycles. The lowest BCUT2D eigenvalue weighted by atomic mass is 9.95. The van der Waals surface area contributed by atoms with Gasteiger partial charge in [-0.25, -0.2) is 9.79 Å². The number of thiazole rings is 1. The fraction of sp³-hybridized carbons (Fsp3) is 0.276. The van der Waals surface area contributed by atoms with Crippen molar-refractivity contribution in [2.24, 2.45) is 4.99 Å². The lowest BCUT2D eigenvalue weighted by molar-refractivity contribution is -0.142. The second-order valence-electron chi connectivity index (χ2n) is 8.99. The fourth-order valence-corrected chi connectivity index (χ4v) is 6.10. The lowest BCUT2D eigenvalue weighted by Crippen LogP contribution is -2.41. The summed E-state index contributed by atoms with van der Waals surface area (Å²) in [4.78, 5) is 59.6. The number of carbonyl (C=O) groups excluding carboxylic acids is 3. The first-order valence-corrected chi connectivity index (χ1v) is 13.5. The molecule has 5 rings (SSSR count). The summed E-state index contributed by atoms with van der Waals surface area (Å²) in [7, 11) is 1.53. The third-order valence-electron chi connectivity index (χ3n) is 6.64. The Labute approximate surface area is 233 Å². The number of methoxy groups -OCH3 is 1. The van der Waals surface area contributed by atoms with E-state index in [1.165, 1.54) is 16.6 Å². The normalized spacial score (nSPS) is 17.2. The van der Waals surface area contributed by atoms with E-state index in [0.29, 0.717) is 33.1 Å². The standard InChI is InChI=1S/C29H27N3O7S/c1-5-38-21(33)15-31-20-13-8-7-12-19(20)23(26(31)34)25-27(35)32-24(17-10-9-11-18(14-17)37-4)22(28(36)39-6-2)16(3)30-29(32)40-25/h7-14,24H,5-6,15H2,1-4H3/b25-23+/t24-/m1/s1. The zero-order valence-corrected chi connectivity index (χ0v) is 23.2. The number of carbonyl (C=O) groups is 3. The van der Waals surface area contributed by atoms with E-state index in [1.807, 2.05) is 0 Å². The molecule has 0 unspecified atom stereocenters. The summed E-state index contributed by atoms with van der Waals surface area (Å²) in [5.41, 5.74) is 1.98. The SMILES string of the molecule is CCOC(=O)CN1C(=O)/C(=c2/sc3n(c2=O)[C@H](c2cccc(OC)c2)C(C(=O)OCC)=C(C)N=3)c2ccccc21. The molecule has 1 aromatic heterocycles. The number of ether oxygens (including phenoxy) is 3. The lowest BCUT2D eigenvalue weighted by Gasteiger charge is -2.25.